The van der Waals surface area contributed by atoms with E-state index in [1.165, 1.54) is 41.0 Å². The van der Waals surface area contributed by atoms with Gasteiger partial charge in [0.2, 0.25) is 5.91 Å². The second kappa shape index (κ2) is 10.2. The third-order valence-electron chi connectivity index (χ3n) is 5.95. The fourth-order valence-electron chi connectivity index (χ4n) is 4.01. The van der Waals surface area contributed by atoms with E-state index < -0.39 is 5.91 Å². The van der Waals surface area contributed by atoms with E-state index >= 15 is 0 Å². The highest BCUT2D eigenvalue weighted by molar-refractivity contribution is 7.99. The van der Waals surface area contributed by atoms with Crippen molar-refractivity contribution in [2.75, 3.05) is 5.75 Å². The third kappa shape index (κ3) is 5.44. The summed E-state index contributed by atoms with van der Waals surface area (Å²) in [6.07, 6.45) is 6.59. The zero-order valence-corrected chi connectivity index (χ0v) is 21.2. The number of nitrogens with zero attached hydrogens (tertiary/aromatic N) is 3. The minimum absolute atomic E-state index is 0.0713. The van der Waals surface area contributed by atoms with Gasteiger partial charge in [-0.05, 0) is 54.4 Å². The second-order valence-corrected chi connectivity index (χ2v) is 11.4. The average Bonchev–Trinajstić information content (AvgIpc) is 3.54. The molecule has 2 amide bonds. The zero-order valence-electron chi connectivity index (χ0n) is 19.6. The Labute approximate surface area is 207 Å². The van der Waals surface area contributed by atoms with E-state index in [4.69, 9.17) is 4.42 Å². The third-order valence-corrected chi connectivity index (χ3v) is 8.15. The van der Waals surface area contributed by atoms with Crippen molar-refractivity contribution in [3.63, 3.8) is 0 Å². The van der Waals surface area contributed by atoms with E-state index in [1.807, 2.05) is 4.57 Å². The predicted octanol–water partition coefficient (Wildman–Crippen LogP) is 4.49. The summed E-state index contributed by atoms with van der Waals surface area (Å²) in [5.41, 5.74) is 6.43. The van der Waals surface area contributed by atoms with Gasteiger partial charge in [0.05, 0.1) is 16.9 Å². The predicted molar refractivity (Wildman–Crippen MR) is 134 cm³/mol. The van der Waals surface area contributed by atoms with Gasteiger partial charge in [0.15, 0.2) is 16.7 Å². The van der Waals surface area contributed by atoms with Crippen LogP contribution in [0.2, 0.25) is 0 Å². The van der Waals surface area contributed by atoms with Gasteiger partial charge < -0.3 is 4.42 Å². The number of rotatable bonds is 7. The average molecular weight is 500 g/mol. The molecule has 1 atom stereocenters. The molecule has 1 aliphatic rings. The SMILES string of the molecule is C=CCn1c(SCC(=O)NNC(=O)c2ccco2)nnc1-c1cc2c(s1)CCC(C(C)(C)C)C2. The first-order valence-electron chi connectivity index (χ1n) is 11.2. The number of thiophene rings is 1. The van der Waals surface area contributed by atoms with Crippen LogP contribution >= 0.6 is 23.1 Å². The number of furan rings is 1. The number of amides is 2. The number of hydrazine groups is 1. The summed E-state index contributed by atoms with van der Waals surface area (Å²) in [6.45, 7) is 11.4. The number of nitrogens with one attached hydrogen (secondary N) is 2. The normalized spacial score (nSPS) is 15.6. The summed E-state index contributed by atoms with van der Waals surface area (Å²) in [4.78, 5) is 26.6. The molecule has 180 valence electrons. The van der Waals surface area contributed by atoms with Gasteiger partial charge in [-0.2, -0.15) is 0 Å². The number of carbonyl (C=O) groups is 2. The maximum atomic E-state index is 12.2. The summed E-state index contributed by atoms with van der Waals surface area (Å²) >= 11 is 3.04. The Kier molecular flexibility index (Phi) is 7.27. The van der Waals surface area contributed by atoms with Gasteiger partial charge in [0.25, 0.3) is 0 Å². The number of hydrogen-bond donors (Lipinski definition) is 2. The molecule has 0 spiro atoms. The maximum Gasteiger partial charge on any atom is 0.305 e. The number of fused-ring (bicyclic) bond motifs is 1. The fourth-order valence-corrected chi connectivity index (χ4v) is 5.96. The van der Waals surface area contributed by atoms with Crippen molar-refractivity contribution in [1.29, 1.82) is 0 Å². The molecule has 8 nitrogen and oxygen atoms in total. The van der Waals surface area contributed by atoms with Crippen molar-refractivity contribution in [3.05, 3.63) is 53.3 Å². The van der Waals surface area contributed by atoms with E-state index in [0.717, 1.165) is 23.5 Å². The largest absolute Gasteiger partial charge is 0.459 e. The van der Waals surface area contributed by atoms with Gasteiger partial charge >= 0.3 is 5.91 Å². The molecule has 0 fully saturated rings. The molecule has 0 bridgehead atoms. The number of allylic oxidation sites excluding steroid dienone is 1. The van der Waals surface area contributed by atoms with Crippen molar-refractivity contribution in [3.8, 4) is 10.7 Å². The number of aryl methyl sites for hydroxylation is 1. The highest BCUT2D eigenvalue weighted by Gasteiger charge is 2.30. The lowest BCUT2D eigenvalue weighted by Gasteiger charge is -2.33. The molecule has 4 rings (SSSR count). The molecule has 2 N–H and O–H groups in total. The Morgan fingerprint density at radius 3 is 2.88 bits per heavy atom. The monoisotopic (exact) mass is 499 g/mol. The molecule has 0 aliphatic heterocycles. The van der Waals surface area contributed by atoms with Gasteiger partial charge in [-0.15, -0.1) is 28.1 Å². The first kappa shape index (κ1) is 24.3. The van der Waals surface area contributed by atoms with Crippen molar-refractivity contribution < 1.29 is 14.0 Å². The molecule has 0 radical (unpaired) electrons. The van der Waals surface area contributed by atoms with Gasteiger partial charge in [0, 0.05) is 11.4 Å². The molecular weight excluding hydrogens is 470 g/mol. The molecule has 0 saturated carbocycles. The van der Waals surface area contributed by atoms with E-state index in [-0.39, 0.29) is 17.4 Å². The van der Waals surface area contributed by atoms with E-state index in [9.17, 15) is 9.59 Å². The van der Waals surface area contributed by atoms with Gasteiger partial charge in [-0.3, -0.25) is 25.0 Å². The van der Waals surface area contributed by atoms with Crippen LogP contribution in [0.3, 0.4) is 0 Å². The quantitative estimate of drug-likeness (QED) is 0.282. The van der Waals surface area contributed by atoms with E-state index in [1.54, 1.807) is 23.5 Å². The lowest BCUT2D eigenvalue weighted by atomic mass is 9.72. The summed E-state index contributed by atoms with van der Waals surface area (Å²) in [6, 6.07) is 5.37. The van der Waals surface area contributed by atoms with Crippen LogP contribution in [0.4, 0.5) is 0 Å². The molecule has 3 aromatic rings. The topological polar surface area (TPSA) is 102 Å². The summed E-state index contributed by atoms with van der Waals surface area (Å²) in [7, 11) is 0. The van der Waals surface area contributed by atoms with Crippen LogP contribution in [-0.4, -0.2) is 32.3 Å². The summed E-state index contributed by atoms with van der Waals surface area (Å²) < 4.78 is 6.98. The molecule has 34 heavy (non-hydrogen) atoms. The van der Waals surface area contributed by atoms with Crippen molar-refractivity contribution >= 4 is 34.9 Å². The number of thioether (sulfide) groups is 1. The van der Waals surface area contributed by atoms with Gasteiger partial charge in [-0.1, -0.05) is 38.6 Å². The maximum absolute atomic E-state index is 12.2. The molecule has 10 heteroatoms. The molecule has 3 heterocycles. The Bertz CT molecular complexity index is 1170. The number of aromatic nitrogens is 3. The smallest absolute Gasteiger partial charge is 0.305 e. The van der Waals surface area contributed by atoms with Crippen LogP contribution in [0.1, 0.15) is 48.2 Å². The molecule has 1 aliphatic carbocycles. The summed E-state index contributed by atoms with van der Waals surface area (Å²) in [5, 5.41) is 9.40. The molecule has 1 unspecified atom stereocenters. The highest BCUT2D eigenvalue weighted by Crippen LogP contribution is 2.42. The molecule has 0 aromatic carbocycles. The molecule has 0 saturated heterocycles. The zero-order chi connectivity index (χ0) is 24.3. The Hall–Kier alpha value is -2.85. The van der Waals surface area contributed by atoms with Gasteiger partial charge in [0.1, 0.15) is 0 Å². The molecular formula is C24H29N5O3S2. The lowest BCUT2D eigenvalue weighted by molar-refractivity contribution is -0.119. The fraction of sp³-hybridized carbons (Fsp3) is 0.417. The van der Waals surface area contributed by atoms with Crippen LogP contribution in [-0.2, 0) is 24.2 Å². The highest BCUT2D eigenvalue weighted by atomic mass is 32.2. The van der Waals surface area contributed by atoms with E-state index in [2.05, 4.69) is 54.5 Å². The van der Waals surface area contributed by atoms with Crippen LogP contribution in [0.5, 0.6) is 0 Å². The summed E-state index contributed by atoms with van der Waals surface area (Å²) in [5.74, 6) is 0.778. The van der Waals surface area contributed by atoms with Crippen molar-refractivity contribution in [2.45, 2.75) is 51.7 Å². The van der Waals surface area contributed by atoms with Crippen LogP contribution < -0.4 is 10.9 Å². The van der Waals surface area contributed by atoms with Crippen LogP contribution in [0, 0.1) is 11.3 Å². The minimum atomic E-state index is -0.518. The first-order valence-corrected chi connectivity index (χ1v) is 13.0. The number of carbonyl (C=O) groups excluding carboxylic acids is 2. The van der Waals surface area contributed by atoms with E-state index in [0.29, 0.717) is 23.0 Å². The van der Waals surface area contributed by atoms with Gasteiger partial charge in [-0.25, -0.2) is 0 Å². The lowest BCUT2D eigenvalue weighted by Crippen LogP contribution is -2.42. The minimum Gasteiger partial charge on any atom is -0.459 e. The number of hydrogen-bond acceptors (Lipinski definition) is 7. The van der Waals surface area contributed by atoms with Crippen LogP contribution in [0.15, 0.2) is 46.7 Å². The standard InChI is InChI=1S/C24H29N5O3S2/c1-5-10-29-21(19-13-15-12-16(24(2,3)4)8-9-18(15)34-19)26-28-23(29)33-14-20(30)25-27-22(31)17-7-6-11-32-17/h5-7,11,13,16H,1,8-10,12,14H2,2-4H3,(H,25,30)(H,27,31). The first-order chi connectivity index (χ1) is 16.3. The Morgan fingerprint density at radius 2 is 2.18 bits per heavy atom. The van der Waals surface area contributed by atoms with Crippen molar-refractivity contribution in [2.24, 2.45) is 11.3 Å². The van der Waals surface area contributed by atoms with Crippen LogP contribution in [0.25, 0.3) is 10.7 Å². The molecule has 3 aromatic heterocycles. The Balaban J connectivity index is 1.42. The Morgan fingerprint density at radius 1 is 1.35 bits per heavy atom. The van der Waals surface area contributed by atoms with Crippen molar-refractivity contribution in [1.82, 2.24) is 25.6 Å². The second-order valence-electron chi connectivity index (χ2n) is 9.34.